The van der Waals surface area contributed by atoms with Gasteiger partial charge in [0.05, 0.1) is 17.8 Å². The van der Waals surface area contributed by atoms with Crippen LogP contribution in [0.4, 0.5) is 0 Å². The standard InChI is InChI=1S/C13H13NO2S/c1-16-12-4-2-3-10(7-12)8-13-14-11(5-6-15)9-17-13/h2-4,6-7,9H,5,8H2,1H3. The fourth-order valence-electron chi connectivity index (χ4n) is 1.57. The van der Waals surface area contributed by atoms with E-state index in [1.54, 1.807) is 18.4 Å². The largest absolute Gasteiger partial charge is 0.497 e. The van der Waals surface area contributed by atoms with Gasteiger partial charge in [0.1, 0.15) is 12.0 Å². The van der Waals surface area contributed by atoms with Gasteiger partial charge in [-0.05, 0) is 17.7 Å². The van der Waals surface area contributed by atoms with Crippen molar-refractivity contribution in [3.05, 3.63) is 45.9 Å². The van der Waals surface area contributed by atoms with Crippen LogP contribution >= 0.6 is 11.3 Å². The van der Waals surface area contributed by atoms with Gasteiger partial charge in [0, 0.05) is 18.2 Å². The molecule has 0 saturated carbocycles. The van der Waals surface area contributed by atoms with Crippen molar-refractivity contribution >= 4 is 17.6 Å². The van der Waals surface area contributed by atoms with E-state index in [1.165, 1.54) is 0 Å². The molecule has 0 amide bonds. The summed E-state index contributed by atoms with van der Waals surface area (Å²) in [7, 11) is 1.66. The summed E-state index contributed by atoms with van der Waals surface area (Å²) in [6.07, 6.45) is 2.06. The van der Waals surface area contributed by atoms with Crippen LogP contribution in [0.15, 0.2) is 29.6 Å². The number of aromatic nitrogens is 1. The molecule has 0 bridgehead atoms. The smallest absolute Gasteiger partial charge is 0.125 e. The maximum atomic E-state index is 10.4. The summed E-state index contributed by atoms with van der Waals surface area (Å²) in [6.45, 7) is 0. The molecular weight excluding hydrogens is 234 g/mol. The maximum Gasteiger partial charge on any atom is 0.125 e. The zero-order valence-corrected chi connectivity index (χ0v) is 10.4. The molecule has 17 heavy (non-hydrogen) atoms. The zero-order valence-electron chi connectivity index (χ0n) is 9.55. The molecule has 3 nitrogen and oxygen atoms in total. The van der Waals surface area contributed by atoms with Crippen molar-refractivity contribution in [3.8, 4) is 5.75 Å². The number of carbonyl (C=O) groups excluding carboxylic acids is 1. The van der Waals surface area contributed by atoms with Crippen LogP contribution in [-0.2, 0) is 17.6 Å². The Bertz CT molecular complexity index is 508. The SMILES string of the molecule is COc1cccc(Cc2nc(CC=O)cs2)c1. The summed E-state index contributed by atoms with van der Waals surface area (Å²) < 4.78 is 5.17. The second-order valence-electron chi connectivity index (χ2n) is 3.63. The van der Waals surface area contributed by atoms with Gasteiger partial charge >= 0.3 is 0 Å². The molecule has 0 aliphatic carbocycles. The van der Waals surface area contributed by atoms with Crippen molar-refractivity contribution in [1.82, 2.24) is 4.98 Å². The van der Waals surface area contributed by atoms with Crippen molar-refractivity contribution in [3.63, 3.8) is 0 Å². The lowest BCUT2D eigenvalue weighted by Crippen LogP contribution is -1.91. The Hall–Kier alpha value is -1.68. The lowest BCUT2D eigenvalue weighted by Gasteiger charge is -2.02. The van der Waals surface area contributed by atoms with E-state index in [9.17, 15) is 4.79 Å². The number of ether oxygens (including phenoxy) is 1. The summed E-state index contributed by atoms with van der Waals surface area (Å²) in [4.78, 5) is 14.8. The molecule has 0 spiro atoms. The maximum absolute atomic E-state index is 10.4. The Morgan fingerprint density at radius 1 is 1.47 bits per heavy atom. The fourth-order valence-corrected chi connectivity index (χ4v) is 2.41. The first-order valence-corrected chi connectivity index (χ1v) is 6.19. The minimum atomic E-state index is 0.397. The van der Waals surface area contributed by atoms with Gasteiger partial charge < -0.3 is 9.53 Å². The molecule has 88 valence electrons. The molecule has 1 aromatic carbocycles. The third kappa shape index (κ3) is 3.14. The Balaban J connectivity index is 2.10. The summed E-state index contributed by atoms with van der Waals surface area (Å²) >= 11 is 1.59. The van der Waals surface area contributed by atoms with Gasteiger partial charge in [-0.1, -0.05) is 12.1 Å². The third-order valence-electron chi connectivity index (χ3n) is 2.38. The topological polar surface area (TPSA) is 39.2 Å². The number of rotatable bonds is 5. The van der Waals surface area contributed by atoms with E-state index in [0.29, 0.717) is 6.42 Å². The first-order valence-electron chi connectivity index (χ1n) is 5.31. The normalized spacial score (nSPS) is 10.2. The molecule has 2 rings (SSSR count). The molecule has 0 unspecified atom stereocenters. The molecule has 1 aromatic heterocycles. The van der Waals surface area contributed by atoms with Crippen LogP contribution in [0.2, 0.25) is 0 Å². The molecule has 0 fully saturated rings. The summed E-state index contributed by atoms with van der Waals surface area (Å²) in [5, 5.41) is 2.96. The first-order chi connectivity index (χ1) is 8.31. The van der Waals surface area contributed by atoms with Crippen LogP contribution in [0.1, 0.15) is 16.3 Å². The van der Waals surface area contributed by atoms with E-state index in [1.807, 2.05) is 29.6 Å². The highest BCUT2D eigenvalue weighted by atomic mass is 32.1. The number of hydrogen-bond acceptors (Lipinski definition) is 4. The van der Waals surface area contributed by atoms with Gasteiger partial charge in [0.15, 0.2) is 0 Å². The predicted molar refractivity (Wildman–Crippen MR) is 67.7 cm³/mol. The molecule has 1 heterocycles. The van der Waals surface area contributed by atoms with Gasteiger partial charge in [-0.25, -0.2) is 4.98 Å². The number of carbonyl (C=O) groups is 1. The molecule has 0 aliphatic rings. The Labute approximate surface area is 104 Å². The number of thiazole rings is 1. The molecule has 2 aromatic rings. The van der Waals surface area contributed by atoms with Gasteiger partial charge in [-0.3, -0.25) is 0 Å². The summed E-state index contributed by atoms with van der Waals surface area (Å²) in [5.41, 5.74) is 2.01. The van der Waals surface area contributed by atoms with Gasteiger partial charge in [0.25, 0.3) is 0 Å². The molecule has 0 N–H and O–H groups in total. The molecule has 0 radical (unpaired) electrons. The van der Waals surface area contributed by atoms with Crippen LogP contribution in [0.3, 0.4) is 0 Å². The molecule has 0 atom stereocenters. The molecule has 0 aliphatic heterocycles. The van der Waals surface area contributed by atoms with E-state index in [2.05, 4.69) is 4.98 Å². The van der Waals surface area contributed by atoms with E-state index in [0.717, 1.165) is 34.7 Å². The minimum Gasteiger partial charge on any atom is -0.497 e. The number of methoxy groups -OCH3 is 1. The average molecular weight is 247 g/mol. The van der Waals surface area contributed by atoms with Crippen molar-refractivity contribution in [2.24, 2.45) is 0 Å². The van der Waals surface area contributed by atoms with E-state index in [-0.39, 0.29) is 0 Å². The van der Waals surface area contributed by atoms with Crippen LogP contribution in [-0.4, -0.2) is 18.4 Å². The van der Waals surface area contributed by atoms with Crippen LogP contribution in [0.25, 0.3) is 0 Å². The monoisotopic (exact) mass is 247 g/mol. The van der Waals surface area contributed by atoms with Crippen LogP contribution < -0.4 is 4.74 Å². The van der Waals surface area contributed by atoms with Gasteiger partial charge in [0.2, 0.25) is 0 Å². The minimum absolute atomic E-state index is 0.397. The lowest BCUT2D eigenvalue weighted by atomic mass is 10.1. The fraction of sp³-hybridized carbons (Fsp3) is 0.231. The highest BCUT2D eigenvalue weighted by Gasteiger charge is 2.03. The predicted octanol–water partition coefficient (Wildman–Crippen LogP) is 2.48. The number of nitrogens with zero attached hydrogens (tertiary/aromatic N) is 1. The Morgan fingerprint density at radius 2 is 2.35 bits per heavy atom. The van der Waals surface area contributed by atoms with Crippen molar-refractivity contribution < 1.29 is 9.53 Å². The van der Waals surface area contributed by atoms with Crippen molar-refractivity contribution in [2.75, 3.05) is 7.11 Å². The number of hydrogen-bond donors (Lipinski definition) is 0. The highest BCUT2D eigenvalue weighted by Crippen LogP contribution is 2.18. The molecule has 0 saturated heterocycles. The average Bonchev–Trinajstić information content (AvgIpc) is 2.77. The molecular formula is C13H13NO2S. The van der Waals surface area contributed by atoms with Crippen LogP contribution in [0.5, 0.6) is 5.75 Å². The second-order valence-corrected chi connectivity index (χ2v) is 4.57. The van der Waals surface area contributed by atoms with Gasteiger partial charge in [-0.15, -0.1) is 11.3 Å². The van der Waals surface area contributed by atoms with E-state index < -0.39 is 0 Å². The molecule has 4 heteroatoms. The Kier molecular flexibility index (Phi) is 3.88. The van der Waals surface area contributed by atoms with E-state index in [4.69, 9.17) is 4.74 Å². The summed E-state index contributed by atoms with van der Waals surface area (Å²) in [6, 6.07) is 7.93. The third-order valence-corrected chi connectivity index (χ3v) is 3.28. The van der Waals surface area contributed by atoms with Crippen molar-refractivity contribution in [1.29, 1.82) is 0 Å². The lowest BCUT2D eigenvalue weighted by molar-refractivity contribution is -0.107. The summed E-state index contributed by atoms with van der Waals surface area (Å²) in [5.74, 6) is 0.854. The Morgan fingerprint density at radius 3 is 3.12 bits per heavy atom. The number of aldehydes is 1. The second kappa shape index (κ2) is 5.59. The highest BCUT2D eigenvalue weighted by molar-refractivity contribution is 7.09. The van der Waals surface area contributed by atoms with Crippen LogP contribution in [0, 0.1) is 0 Å². The first kappa shape index (κ1) is 11.8. The van der Waals surface area contributed by atoms with Crippen molar-refractivity contribution in [2.45, 2.75) is 12.8 Å². The number of benzene rings is 1. The zero-order chi connectivity index (χ0) is 12.1. The van der Waals surface area contributed by atoms with Gasteiger partial charge in [-0.2, -0.15) is 0 Å². The van der Waals surface area contributed by atoms with E-state index >= 15 is 0 Å². The quantitative estimate of drug-likeness (QED) is 0.762.